The quantitative estimate of drug-likeness (QED) is 0.760. The van der Waals surface area contributed by atoms with Crippen LogP contribution in [-0.4, -0.2) is 28.9 Å². The molecular formula is C14H23N3O. The lowest BCUT2D eigenvalue weighted by Crippen LogP contribution is -2.55. The van der Waals surface area contributed by atoms with Crippen LogP contribution in [-0.2, 0) is 0 Å². The van der Waals surface area contributed by atoms with Crippen molar-refractivity contribution >= 4 is 11.9 Å². The van der Waals surface area contributed by atoms with E-state index in [1.807, 2.05) is 0 Å². The minimum Gasteiger partial charge on any atom is -0.385 e. The Hall–Kier alpha value is -1.50. The summed E-state index contributed by atoms with van der Waals surface area (Å²) in [6.07, 6.45) is 6.96. The van der Waals surface area contributed by atoms with E-state index in [0.717, 1.165) is 12.8 Å². The lowest BCUT2D eigenvalue weighted by molar-refractivity contribution is 0.151. The van der Waals surface area contributed by atoms with Crippen molar-refractivity contribution in [2.24, 2.45) is 22.6 Å². The summed E-state index contributed by atoms with van der Waals surface area (Å²) in [4.78, 5) is 17.5. The van der Waals surface area contributed by atoms with Gasteiger partial charge in [-0.25, -0.2) is 4.79 Å². The first-order chi connectivity index (χ1) is 8.33. The van der Waals surface area contributed by atoms with Crippen molar-refractivity contribution in [3.8, 4) is 12.3 Å². The van der Waals surface area contributed by atoms with Gasteiger partial charge in [0.05, 0.1) is 6.54 Å². The van der Waals surface area contributed by atoms with Crippen molar-refractivity contribution in [2.45, 2.75) is 46.1 Å². The van der Waals surface area contributed by atoms with E-state index in [-0.39, 0.29) is 12.6 Å². The lowest BCUT2D eigenvalue weighted by Gasteiger charge is -2.39. The largest absolute Gasteiger partial charge is 0.385 e. The summed E-state index contributed by atoms with van der Waals surface area (Å²) in [5.74, 6) is 3.80. The van der Waals surface area contributed by atoms with Gasteiger partial charge < -0.3 is 5.73 Å². The maximum Gasteiger partial charge on any atom is 0.346 e. The predicted molar refractivity (Wildman–Crippen MR) is 74.2 cm³/mol. The summed E-state index contributed by atoms with van der Waals surface area (Å²) >= 11 is 0. The number of nitrogens with zero attached hydrogens (tertiary/aromatic N) is 2. The van der Waals surface area contributed by atoms with Crippen LogP contribution >= 0.6 is 0 Å². The molecule has 0 aromatic rings. The summed E-state index contributed by atoms with van der Waals surface area (Å²) in [7, 11) is 0. The van der Waals surface area contributed by atoms with E-state index in [1.165, 1.54) is 0 Å². The molecule has 0 saturated carbocycles. The summed E-state index contributed by atoms with van der Waals surface area (Å²) in [5.41, 5.74) is 5.55. The van der Waals surface area contributed by atoms with Gasteiger partial charge in [-0.15, -0.1) is 6.42 Å². The third-order valence-electron chi connectivity index (χ3n) is 3.18. The molecule has 0 unspecified atom stereocenters. The Labute approximate surface area is 110 Å². The number of urea groups is 1. The highest BCUT2D eigenvalue weighted by Crippen LogP contribution is 2.35. The first-order valence-corrected chi connectivity index (χ1v) is 6.43. The zero-order valence-electron chi connectivity index (χ0n) is 11.7. The van der Waals surface area contributed by atoms with Gasteiger partial charge in [0.1, 0.15) is 11.4 Å². The van der Waals surface area contributed by atoms with Crippen LogP contribution in [0, 0.1) is 24.2 Å². The van der Waals surface area contributed by atoms with Gasteiger partial charge in [0.15, 0.2) is 0 Å². The van der Waals surface area contributed by atoms with Crippen LogP contribution < -0.4 is 5.73 Å². The zero-order chi connectivity index (χ0) is 13.9. The molecule has 0 aliphatic carbocycles. The fraction of sp³-hybridized carbons (Fsp3) is 0.714. The van der Waals surface area contributed by atoms with Gasteiger partial charge in [-0.2, -0.15) is 4.99 Å². The van der Waals surface area contributed by atoms with Crippen LogP contribution in [0.15, 0.2) is 4.99 Å². The predicted octanol–water partition coefficient (Wildman–Crippen LogP) is 2.24. The maximum absolute atomic E-state index is 11.9. The summed E-state index contributed by atoms with van der Waals surface area (Å²) in [6.45, 7) is 8.74. The highest BCUT2D eigenvalue weighted by Gasteiger charge is 2.48. The van der Waals surface area contributed by atoms with Crippen LogP contribution in [0.25, 0.3) is 0 Å². The van der Waals surface area contributed by atoms with Gasteiger partial charge >= 0.3 is 6.03 Å². The Morgan fingerprint density at radius 2 is 1.83 bits per heavy atom. The molecule has 1 aliphatic rings. The van der Waals surface area contributed by atoms with E-state index in [4.69, 9.17) is 12.2 Å². The topological polar surface area (TPSA) is 58.7 Å². The van der Waals surface area contributed by atoms with Crippen molar-refractivity contribution in [3.63, 3.8) is 0 Å². The van der Waals surface area contributed by atoms with Gasteiger partial charge in [0.2, 0.25) is 0 Å². The Morgan fingerprint density at radius 1 is 1.33 bits per heavy atom. The number of terminal acetylenes is 1. The minimum absolute atomic E-state index is 0.266. The van der Waals surface area contributed by atoms with Crippen LogP contribution in [0.4, 0.5) is 4.79 Å². The fourth-order valence-corrected chi connectivity index (χ4v) is 2.76. The molecule has 0 bridgehead atoms. The van der Waals surface area contributed by atoms with E-state index >= 15 is 0 Å². The molecule has 18 heavy (non-hydrogen) atoms. The van der Waals surface area contributed by atoms with Crippen LogP contribution in [0.3, 0.4) is 0 Å². The molecule has 0 spiro atoms. The average Bonchev–Trinajstić information content (AvgIpc) is 2.41. The molecule has 2 amide bonds. The van der Waals surface area contributed by atoms with E-state index < -0.39 is 5.54 Å². The van der Waals surface area contributed by atoms with Gasteiger partial charge in [0.25, 0.3) is 0 Å². The van der Waals surface area contributed by atoms with E-state index in [2.05, 4.69) is 38.6 Å². The number of aliphatic imine (C=N–C) groups is 1. The number of amides is 2. The maximum atomic E-state index is 11.9. The molecule has 0 aromatic carbocycles. The third-order valence-corrected chi connectivity index (χ3v) is 3.18. The number of nitrogens with two attached hydrogens (primary N) is 1. The SMILES string of the molecule is C#CCN1C(=O)N=C(N)C1(CC(C)C)CC(C)C. The highest BCUT2D eigenvalue weighted by molar-refractivity contribution is 6.05. The normalized spacial score (nSPS) is 18.4. The lowest BCUT2D eigenvalue weighted by atomic mass is 9.80. The van der Waals surface area contributed by atoms with Crippen molar-refractivity contribution in [1.29, 1.82) is 0 Å². The Bertz CT molecular complexity index is 380. The smallest absolute Gasteiger partial charge is 0.346 e. The highest BCUT2D eigenvalue weighted by atomic mass is 16.2. The zero-order valence-corrected chi connectivity index (χ0v) is 11.7. The first-order valence-electron chi connectivity index (χ1n) is 6.43. The van der Waals surface area contributed by atoms with Gasteiger partial charge in [0, 0.05) is 0 Å². The third kappa shape index (κ3) is 2.66. The van der Waals surface area contributed by atoms with E-state index in [9.17, 15) is 4.79 Å². The molecule has 1 heterocycles. The second-order valence-electron chi connectivity index (χ2n) is 5.80. The Kier molecular flexibility index (Phi) is 4.39. The van der Waals surface area contributed by atoms with Crippen molar-refractivity contribution in [2.75, 3.05) is 6.54 Å². The molecule has 0 saturated heterocycles. The number of hydrogen-bond donors (Lipinski definition) is 1. The van der Waals surface area contributed by atoms with Gasteiger partial charge in [-0.05, 0) is 24.7 Å². The minimum atomic E-state index is -0.494. The van der Waals surface area contributed by atoms with Crippen molar-refractivity contribution in [3.05, 3.63) is 0 Å². The van der Waals surface area contributed by atoms with E-state index in [1.54, 1.807) is 4.90 Å². The molecule has 4 heteroatoms. The molecule has 0 atom stereocenters. The van der Waals surface area contributed by atoms with Crippen LogP contribution in [0.2, 0.25) is 0 Å². The molecule has 0 radical (unpaired) electrons. The second kappa shape index (κ2) is 5.43. The summed E-state index contributed by atoms with van der Waals surface area (Å²) < 4.78 is 0. The van der Waals surface area contributed by atoms with Crippen molar-refractivity contribution < 1.29 is 4.79 Å². The number of carbonyl (C=O) groups is 1. The molecule has 1 aliphatic heterocycles. The molecule has 0 fully saturated rings. The summed E-state index contributed by atoms with van der Waals surface area (Å²) in [6, 6.07) is -0.299. The van der Waals surface area contributed by atoms with Gasteiger partial charge in [-0.1, -0.05) is 33.6 Å². The number of hydrogen-bond acceptors (Lipinski definition) is 2. The molecule has 1 rings (SSSR count). The Balaban J connectivity index is 3.15. The first kappa shape index (κ1) is 14.6. The average molecular weight is 249 g/mol. The molecule has 2 N–H and O–H groups in total. The number of amidine groups is 1. The Morgan fingerprint density at radius 3 is 2.22 bits per heavy atom. The van der Waals surface area contributed by atoms with Crippen molar-refractivity contribution in [1.82, 2.24) is 4.90 Å². The van der Waals surface area contributed by atoms with Crippen LogP contribution in [0.1, 0.15) is 40.5 Å². The molecule has 0 aromatic heterocycles. The number of carbonyl (C=O) groups excluding carboxylic acids is 1. The fourth-order valence-electron chi connectivity index (χ4n) is 2.76. The van der Waals surface area contributed by atoms with E-state index in [0.29, 0.717) is 17.7 Å². The van der Waals surface area contributed by atoms with Crippen LogP contribution in [0.5, 0.6) is 0 Å². The number of rotatable bonds is 5. The van der Waals surface area contributed by atoms with Gasteiger partial charge in [-0.3, -0.25) is 4.90 Å². The molecule has 100 valence electrons. The monoisotopic (exact) mass is 249 g/mol. The standard InChI is InChI=1S/C14H23N3O/c1-6-7-17-13(18)16-12(15)14(17,8-10(2)3)9-11(4)5/h1,10-11H,7-9H2,2-5H3,(H2,15,16,18). The summed E-state index contributed by atoms with van der Waals surface area (Å²) in [5, 5.41) is 0. The second-order valence-corrected chi connectivity index (χ2v) is 5.80. The molecule has 4 nitrogen and oxygen atoms in total. The molecular weight excluding hydrogens is 226 g/mol.